The lowest BCUT2D eigenvalue weighted by atomic mass is 10.0. The van der Waals surface area contributed by atoms with E-state index in [9.17, 15) is 18.7 Å². The van der Waals surface area contributed by atoms with Crippen molar-refractivity contribution in [2.45, 2.75) is 12.5 Å². The van der Waals surface area contributed by atoms with Gasteiger partial charge in [0.1, 0.15) is 17.2 Å². The molecule has 3 rings (SSSR count). The SMILES string of the molecule is CN1CCc2cc([C@H](O)CNC(=O)c3c(F)cccc3F)ccc21. The Bertz CT molecular complexity index is 759. The van der Waals surface area contributed by atoms with Crippen LogP contribution in [0.3, 0.4) is 0 Å². The number of hydrogen-bond donors (Lipinski definition) is 2. The maximum atomic E-state index is 13.6. The molecular formula is C18H18F2N2O2. The molecule has 4 nitrogen and oxygen atoms in total. The Morgan fingerprint density at radius 3 is 2.71 bits per heavy atom. The normalized spacial score (nSPS) is 14.4. The lowest BCUT2D eigenvalue weighted by molar-refractivity contribution is 0.0908. The number of aliphatic hydroxyl groups excluding tert-OH is 1. The number of rotatable bonds is 4. The predicted octanol–water partition coefficient (Wildman–Crippen LogP) is 2.42. The molecule has 0 aromatic heterocycles. The van der Waals surface area contributed by atoms with Gasteiger partial charge >= 0.3 is 0 Å². The molecule has 1 aliphatic rings. The second-order valence-corrected chi connectivity index (χ2v) is 5.88. The summed E-state index contributed by atoms with van der Waals surface area (Å²) in [5.41, 5.74) is 2.29. The Morgan fingerprint density at radius 1 is 1.29 bits per heavy atom. The van der Waals surface area contributed by atoms with E-state index in [1.807, 2.05) is 19.2 Å². The van der Waals surface area contributed by atoms with Gasteiger partial charge in [-0.15, -0.1) is 0 Å². The van der Waals surface area contributed by atoms with Crippen molar-refractivity contribution in [2.24, 2.45) is 0 Å². The van der Waals surface area contributed by atoms with Crippen molar-refractivity contribution in [1.29, 1.82) is 0 Å². The molecule has 1 aliphatic heterocycles. The molecule has 1 atom stereocenters. The van der Waals surface area contributed by atoms with Crippen molar-refractivity contribution in [3.63, 3.8) is 0 Å². The van der Waals surface area contributed by atoms with E-state index in [-0.39, 0.29) is 6.54 Å². The molecule has 0 bridgehead atoms. The molecule has 1 amide bonds. The molecule has 126 valence electrons. The number of nitrogens with zero attached hydrogens (tertiary/aromatic N) is 1. The number of fused-ring (bicyclic) bond motifs is 1. The monoisotopic (exact) mass is 332 g/mol. The van der Waals surface area contributed by atoms with Crippen molar-refractivity contribution < 1.29 is 18.7 Å². The molecule has 0 saturated heterocycles. The standard InChI is InChI=1S/C18H18F2N2O2/c1-22-8-7-11-9-12(5-6-15(11)22)16(23)10-21-18(24)17-13(19)3-2-4-14(17)20/h2-6,9,16,23H,7-8,10H2,1H3,(H,21,24)/t16-/m1/s1. The fourth-order valence-corrected chi connectivity index (χ4v) is 2.90. The Balaban J connectivity index is 1.68. The van der Waals surface area contributed by atoms with E-state index in [4.69, 9.17) is 0 Å². The van der Waals surface area contributed by atoms with Gasteiger partial charge in [-0.25, -0.2) is 8.78 Å². The number of likely N-dealkylation sites (N-methyl/N-ethyl adjacent to an activating group) is 1. The Labute approximate surface area is 138 Å². The van der Waals surface area contributed by atoms with Gasteiger partial charge in [0, 0.05) is 25.8 Å². The second-order valence-electron chi connectivity index (χ2n) is 5.88. The number of benzene rings is 2. The van der Waals surface area contributed by atoms with Gasteiger partial charge in [0.2, 0.25) is 0 Å². The van der Waals surface area contributed by atoms with Crippen LogP contribution in [-0.4, -0.2) is 31.2 Å². The molecule has 24 heavy (non-hydrogen) atoms. The van der Waals surface area contributed by atoms with Crippen LogP contribution in [0, 0.1) is 11.6 Å². The van der Waals surface area contributed by atoms with Crippen LogP contribution in [0.4, 0.5) is 14.5 Å². The average Bonchev–Trinajstić information content (AvgIpc) is 2.93. The van der Waals surface area contributed by atoms with Crippen LogP contribution in [-0.2, 0) is 6.42 Å². The van der Waals surface area contributed by atoms with Gasteiger partial charge in [-0.05, 0) is 35.7 Å². The summed E-state index contributed by atoms with van der Waals surface area (Å²) in [4.78, 5) is 14.1. The molecule has 0 radical (unpaired) electrons. The van der Waals surface area contributed by atoms with Gasteiger partial charge in [-0.3, -0.25) is 4.79 Å². The number of hydrogen-bond acceptors (Lipinski definition) is 3. The summed E-state index contributed by atoms with van der Waals surface area (Å²) in [6.07, 6.45) is -0.0425. The molecule has 0 fully saturated rings. The lowest BCUT2D eigenvalue weighted by Crippen LogP contribution is -2.29. The number of aliphatic hydroxyl groups is 1. The highest BCUT2D eigenvalue weighted by Crippen LogP contribution is 2.29. The summed E-state index contributed by atoms with van der Waals surface area (Å²) >= 11 is 0. The third-order valence-electron chi connectivity index (χ3n) is 4.26. The van der Waals surface area contributed by atoms with E-state index in [0.29, 0.717) is 5.56 Å². The molecule has 1 heterocycles. The van der Waals surface area contributed by atoms with Crippen LogP contribution in [0.1, 0.15) is 27.6 Å². The van der Waals surface area contributed by atoms with Gasteiger partial charge in [0.05, 0.1) is 6.10 Å². The summed E-state index contributed by atoms with van der Waals surface area (Å²) in [6, 6.07) is 8.86. The summed E-state index contributed by atoms with van der Waals surface area (Å²) in [5, 5.41) is 12.6. The lowest BCUT2D eigenvalue weighted by Gasteiger charge is -2.16. The average molecular weight is 332 g/mol. The number of carbonyl (C=O) groups excluding carboxylic acids is 1. The van der Waals surface area contributed by atoms with Crippen LogP contribution < -0.4 is 10.2 Å². The molecule has 0 aliphatic carbocycles. The molecule has 0 spiro atoms. The fraction of sp³-hybridized carbons (Fsp3) is 0.278. The van der Waals surface area contributed by atoms with Crippen molar-refractivity contribution in [3.05, 3.63) is 64.7 Å². The largest absolute Gasteiger partial charge is 0.387 e. The first kappa shape index (κ1) is 16.4. The quantitative estimate of drug-likeness (QED) is 0.904. The Kier molecular flexibility index (Phi) is 4.49. The second kappa shape index (κ2) is 6.57. The van der Waals surface area contributed by atoms with Crippen molar-refractivity contribution in [2.75, 3.05) is 25.0 Å². The molecule has 0 unspecified atom stereocenters. The maximum Gasteiger partial charge on any atom is 0.257 e. The topological polar surface area (TPSA) is 52.6 Å². The van der Waals surface area contributed by atoms with E-state index in [1.165, 1.54) is 6.07 Å². The third kappa shape index (κ3) is 3.10. The predicted molar refractivity (Wildman–Crippen MR) is 87.1 cm³/mol. The number of anilines is 1. The third-order valence-corrected chi connectivity index (χ3v) is 4.26. The molecule has 6 heteroatoms. The molecule has 2 aromatic carbocycles. The minimum atomic E-state index is -0.944. The smallest absolute Gasteiger partial charge is 0.257 e. The fourth-order valence-electron chi connectivity index (χ4n) is 2.90. The van der Waals surface area contributed by atoms with E-state index >= 15 is 0 Å². The van der Waals surface area contributed by atoms with Crippen molar-refractivity contribution in [3.8, 4) is 0 Å². The van der Waals surface area contributed by atoms with Gasteiger partial charge in [-0.1, -0.05) is 18.2 Å². The summed E-state index contributed by atoms with van der Waals surface area (Å²) < 4.78 is 27.1. The first-order valence-electron chi connectivity index (χ1n) is 7.71. The van der Waals surface area contributed by atoms with Gasteiger partial charge < -0.3 is 15.3 Å². The van der Waals surface area contributed by atoms with Gasteiger partial charge in [0.15, 0.2) is 0 Å². The summed E-state index contributed by atoms with van der Waals surface area (Å²) in [6.45, 7) is 0.805. The first-order valence-corrected chi connectivity index (χ1v) is 7.71. The van der Waals surface area contributed by atoms with E-state index in [0.717, 1.165) is 36.3 Å². The van der Waals surface area contributed by atoms with Crippen LogP contribution in [0.15, 0.2) is 36.4 Å². The summed E-state index contributed by atoms with van der Waals surface area (Å²) in [5.74, 6) is -2.74. The zero-order valence-corrected chi connectivity index (χ0v) is 13.2. The highest BCUT2D eigenvalue weighted by molar-refractivity contribution is 5.94. The van der Waals surface area contributed by atoms with Gasteiger partial charge in [-0.2, -0.15) is 0 Å². The summed E-state index contributed by atoms with van der Waals surface area (Å²) in [7, 11) is 2.01. The number of nitrogens with one attached hydrogen (secondary N) is 1. The van der Waals surface area contributed by atoms with Crippen LogP contribution >= 0.6 is 0 Å². The van der Waals surface area contributed by atoms with E-state index < -0.39 is 29.2 Å². The van der Waals surface area contributed by atoms with Crippen molar-refractivity contribution >= 4 is 11.6 Å². The molecule has 2 N–H and O–H groups in total. The number of halogens is 2. The highest BCUT2D eigenvalue weighted by atomic mass is 19.1. The minimum absolute atomic E-state index is 0.124. The molecular weight excluding hydrogens is 314 g/mol. The maximum absolute atomic E-state index is 13.6. The van der Waals surface area contributed by atoms with E-state index in [1.54, 1.807) is 6.07 Å². The first-order chi connectivity index (χ1) is 11.5. The minimum Gasteiger partial charge on any atom is -0.387 e. The Hall–Kier alpha value is -2.47. The Morgan fingerprint density at radius 2 is 2.00 bits per heavy atom. The van der Waals surface area contributed by atoms with Crippen LogP contribution in [0.25, 0.3) is 0 Å². The molecule has 0 saturated carbocycles. The molecule has 2 aromatic rings. The zero-order chi connectivity index (χ0) is 17.3. The number of amides is 1. The van der Waals surface area contributed by atoms with Gasteiger partial charge in [0.25, 0.3) is 5.91 Å². The highest BCUT2D eigenvalue weighted by Gasteiger charge is 2.20. The number of carbonyl (C=O) groups is 1. The van der Waals surface area contributed by atoms with Crippen LogP contribution in [0.5, 0.6) is 0 Å². The van der Waals surface area contributed by atoms with E-state index in [2.05, 4.69) is 10.2 Å². The zero-order valence-electron chi connectivity index (χ0n) is 13.2. The van der Waals surface area contributed by atoms with Crippen molar-refractivity contribution in [1.82, 2.24) is 5.32 Å². The van der Waals surface area contributed by atoms with Crippen LogP contribution in [0.2, 0.25) is 0 Å².